The zero-order valence-electron chi connectivity index (χ0n) is 6.54. The van der Waals surface area contributed by atoms with Gasteiger partial charge in [0.2, 0.25) is 4.91 Å². The molecule has 0 aliphatic heterocycles. The van der Waals surface area contributed by atoms with Crippen LogP contribution < -0.4 is 4.91 Å². The highest BCUT2D eigenvalue weighted by Crippen LogP contribution is 1.72. The topological polar surface area (TPSA) is 100 Å². The number of hydrogen-bond acceptors (Lipinski definition) is 5. The number of rotatable bonds is 5. The highest BCUT2D eigenvalue weighted by atomic mass is 16.5. The Hall–Kier alpha value is -0.810. The van der Waals surface area contributed by atoms with Gasteiger partial charge in [0.05, 0.1) is 26.4 Å². The van der Waals surface area contributed by atoms with Gasteiger partial charge >= 0.3 is 0 Å². The fraction of sp³-hybridized carbons (Fsp3) is 1.00. The molecular formula is C5H14N3O3+. The van der Waals surface area contributed by atoms with E-state index in [9.17, 15) is 0 Å². The lowest BCUT2D eigenvalue weighted by molar-refractivity contribution is 0.0500. The van der Waals surface area contributed by atoms with Crippen molar-refractivity contribution in [3.05, 3.63) is 0 Å². The molecular weight excluding hydrogens is 150 g/mol. The van der Waals surface area contributed by atoms with Crippen molar-refractivity contribution in [3.63, 3.8) is 0 Å². The van der Waals surface area contributed by atoms with Crippen molar-refractivity contribution < 1.29 is 14.6 Å². The zero-order chi connectivity index (χ0) is 8.95. The van der Waals surface area contributed by atoms with E-state index < -0.39 is 0 Å². The molecule has 0 atom stereocenters. The lowest BCUT2D eigenvalue weighted by Crippen LogP contribution is -2.05. The zero-order valence-corrected chi connectivity index (χ0v) is 6.54. The summed E-state index contributed by atoms with van der Waals surface area (Å²) in [5.41, 5.74) is 11.0. The van der Waals surface area contributed by atoms with Crippen molar-refractivity contribution in [1.29, 1.82) is 11.1 Å². The summed E-state index contributed by atoms with van der Waals surface area (Å²) in [5.74, 6) is 0. The standard InChI is InChI=1S/C5H12O3.H2N3/c1-7-4-5-8-3-2-6;1-3-2/h6H,2-5H2,1H3;1-2H/q;+1. The van der Waals surface area contributed by atoms with Crippen LogP contribution in [0.1, 0.15) is 0 Å². The number of aliphatic hydroxyl groups excluding tert-OH is 1. The van der Waals surface area contributed by atoms with Crippen LogP contribution in [0.4, 0.5) is 0 Å². The van der Waals surface area contributed by atoms with Gasteiger partial charge in [0, 0.05) is 7.11 Å². The molecule has 0 rings (SSSR count). The number of ether oxygens (including phenoxy) is 2. The second-order valence-corrected chi connectivity index (χ2v) is 1.44. The molecule has 0 radical (unpaired) electrons. The lowest BCUT2D eigenvalue weighted by Gasteiger charge is -1.98. The van der Waals surface area contributed by atoms with Crippen LogP contribution in [0.2, 0.25) is 0 Å². The SMILES string of the molecule is COCCOCCO.N=[N+]=N. The molecule has 0 aromatic rings. The third-order valence-electron chi connectivity index (χ3n) is 0.667. The van der Waals surface area contributed by atoms with E-state index in [0.29, 0.717) is 19.8 Å². The van der Waals surface area contributed by atoms with Crippen LogP contribution in [-0.2, 0) is 9.47 Å². The molecule has 0 saturated heterocycles. The Morgan fingerprint density at radius 3 is 2.18 bits per heavy atom. The Bertz CT molecular complexity index is 87.0. The van der Waals surface area contributed by atoms with Crippen LogP contribution in [-0.4, -0.2) is 38.6 Å². The van der Waals surface area contributed by atoms with Crippen LogP contribution in [0.5, 0.6) is 0 Å². The Kier molecular flexibility index (Phi) is 18.8. The van der Waals surface area contributed by atoms with E-state index in [4.69, 9.17) is 20.9 Å². The predicted molar refractivity (Wildman–Crippen MR) is 37.4 cm³/mol. The molecule has 3 N–H and O–H groups in total. The van der Waals surface area contributed by atoms with Crippen LogP contribution in [0.3, 0.4) is 0 Å². The van der Waals surface area contributed by atoms with Gasteiger partial charge in [-0.25, -0.2) is 0 Å². The van der Waals surface area contributed by atoms with Crippen molar-refractivity contribution in [2.24, 2.45) is 0 Å². The molecule has 6 nitrogen and oxygen atoms in total. The summed E-state index contributed by atoms with van der Waals surface area (Å²) in [6.07, 6.45) is 0. The quantitative estimate of drug-likeness (QED) is 0.297. The Morgan fingerprint density at radius 2 is 1.82 bits per heavy atom. The van der Waals surface area contributed by atoms with Crippen molar-refractivity contribution in [3.8, 4) is 0 Å². The van der Waals surface area contributed by atoms with Gasteiger partial charge < -0.3 is 14.6 Å². The van der Waals surface area contributed by atoms with E-state index >= 15 is 0 Å². The maximum atomic E-state index is 8.20. The highest BCUT2D eigenvalue weighted by molar-refractivity contribution is 4.26. The summed E-state index contributed by atoms with van der Waals surface area (Å²) >= 11 is 0. The average Bonchev–Trinajstić information content (AvgIpc) is 2.00. The van der Waals surface area contributed by atoms with E-state index in [1.165, 1.54) is 0 Å². The monoisotopic (exact) mass is 164 g/mol. The molecule has 0 heterocycles. The molecule has 0 saturated carbocycles. The first kappa shape index (κ1) is 12.8. The Balaban J connectivity index is 0. The Labute approximate surface area is 65.1 Å². The summed E-state index contributed by atoms with van der Waals surface area (Å²) in [6.45, 7) is 1.66. The van der Waals surface area contributed by atoms with E-state index in [1.54, 1.807) is 7.11 Å². The van der Waals surface area contributed by atoms with Crippen molar-refractivity contribution in [2.45, 2.75) is 0 Å². The first-order chi connectivity index (χ1) is 5.33. The van der Waals surface area contributed by atoms with E-state index in [2.05, 4.69) is 4.74 Å². The first-order valence-corrected chi connectivity index (χ1v) is 3.04. The molecule has 0 aliphatic rings. The van der Waals surface area contributed by atoms with Gasteiger partial charge in [-0.2, -0.15) is 0 Å². The van der Waals surface area contributed by atoms with Crippen LogP contribution in [0.25, 0.3) is 0 Å². The molecule has 11 heavy (non-hydrogen) atoms. The van der Waals surface area contributed by atoms with Crippen LogP contribution in [0, 0.1) is 11.1 Å². The van der Waals surface area contributed by atoms with Gasteiger partial charge in [-0.1, -0.05) is 0 Å². The van der Waals surface area contributed by atoms with Crippen LogP contribution in [0.15, 0.2) is 0 Å². The molecule has 0 aromatic carbocycles. The molecule has 6 heteroatoms. The molecule has 66 valence electrons. The third kappa shape index (κ3) is 27.1. The third-order valence-corrected chi connectivity index (χ3v) is 0.667. The number of nitrogens with zero attached hydrogens (tertiary/aromatic N) is 1. The summed E-state index contributed by atoms with van der Waals surface area (Å²) in [4.78, 5) is 2.00. The van der Waals surface area contributed by atoms with Gasteiger partial charge in [-0.3, -0.25) is 0 Å². The van der Waals surface area contributed by atoms with Gasteiger partial charge in [-0.15, -0.1) is 0 Å². The summed E-state index contributed by atoms with van der Waals surface area (Å²) in [6, 6.07) is 0. The van der Waals surface area contributed by atoms with Gasteiger partial charge in [0.25, 0.3) is 0 Å². The minimum Gasteiger partial charge on any atom is -0.394 e. The largest absolute Gasteiger partial charge is 0.394 e. The fourth-order valence-electron chi connectivity index (χ4n) is 0.309. The summed E-state index contributed by atoms with van der Waals surface area (Å²) < 4.78 is 9.53. The molecule has 0 bridgehead atoms. The smallest absolute Gasteiger partial charge is 0.211 e. The first-order valence-electron chi connectivity index (χ1n) is 3.04. The second-order valence-electron chi connectivity index (χ2n) is 1.44. The molecule has 0 spiro atoms. The number of aliphatic hydroxyl groups is 1. The minimum atomic E-state index is 0.0870. The van der Waals surface area contributed by atoms with Crippen molar-refractivity contribution >= 4 is 0 Å². The summed E-state index contributed by atoms with van der Waals surface area (Å²) in [7, 11) is 1.61. The molecule has 0 unspecified atom stereocenters. The molecule has 0 amide bonds. The van der Waals surface area contributed by atoms with Gasteiger partial charge in [-0.05, 0) is 0 Å². The van der Waals surface area contributed by atoms with Crippen molar-refractivity contribution in [1.82, 2.24) is 4.91 Å². The normalized spacial score (nSPS) is 7.82. The van der Waals surface area contributed by atoms with Crippen LogP contribution >= 0.6 is 0 Å². The summed E-state index contributed by atoms with van der Waals surface area (Å²) in [5, 5.41) is 8.20. The van der Waals surface area contributed by atoms with E-state index in [-0.39, 0.29) is 6.61 Å². The second kappa shape index (κ2) is 16.1. The molecule has 0 aliphatic carbocycles. The minimum absolute atomic E-state index is 0.0870. The number of methoxy groups -OCH3 is 1. The fourth-order valence-corrected chi connectivity index (χ4v) is 0.309. The van der Waals surface area contributed by atoms with Gasteiger partial charge in [0.15, 0.2) is 0 Å². The average molecular weight is 164 g/mol. The van der Waals surface area contributed by atoms with E-state index in [0.717, 1.165) is 0 Å². The Morgan fingerprint density at radius 1 is 1.27 bits per heavy atom. The lowest BCUT2D eigenvalue weighted by atomic mass is 10.7. The molecule has 0 fully saturated rings. The van der Waals surface area contributed by atoms with Gasteiger partial charge in [0.1, 0.15) is 11.1 Å². The van der Waals surface area contributed by atoms with Crippen molar-refractivity contribution in [2.75, 3.05) is 33.5 Å². The molecule has 0 aromatic heterocycles. The van der Waals surface area contributed by atoms with E-state index in [1.807, 2.05) is 4.91 Å². The number of hydrogen-bond donors (Lipinski definition) is 3. The number of nitrogens with one attached hydrogen (secondary N) is 2. The maximum Gasteiger partial charge on any atom is 0.211 e. The maximum absolute atomic E-state index is 8.20. The highest BCUT2D eigenvalue weighted by Gasteiger charge is 1.82. The predicted octanol–water partition coefficient (Wildman–Crippen LogP) is -0.243.